The van der Waals surface area contributed by atoms with Crippen LogP contribution in [0, 0.1) is 0 Å². The molecule has 9 heteroatoms. The largest absolute Gasteiger partial charge is 0.496 e. The molecule has 3 rings (SSSR count). The van der Waals surface area contributed by atoms with Gasteiger partial charge in [0.25, 0.3) is 11.8 Å². The number of hydrogen-bond acceptors (Lipinski definition) is 5. The van der Waals surface area contributed by atoms with Crippen molar-refractivity contribution in [3.05, 3.63) is 28.8 Å². The van der Waals surface area contributed by atoms with E-state index in [4.69, 9.17) is 21.1 Å². The molecule has 1 aromatic rings. The summed E-state index contributed by atoms with van der Waals surface area (Å²) in [4.78, 5) is 42.6. The number of methoxy groups -OCH3 is 2. The number of carbonyl (C=O) groups excluding carboxylic acids is 3. The van der Waals surface area contributed by atoms with Gasteiger partial charge in [-0.3, -0.25) is 14.5 Å². The Balaban J connectivity index is 1.82. The minimum Gasteiger partial charge on any atom is -0.496 e. The third-order valence-electron chi connectivity index (χ3n) is 4.82. The number of hydrogen-bond donors (Lipinski definition) is 0. The molecule has 27 heavy (non-hydrogen) atoms. The molecule has 0 radical (unpaired) electrons. The number of nitrogens with zero attached hydrogens (tertiary/aromatic N) is 3. The molecule has 0 aliphatic carbocycles. The zero-order valence-corrected chi connectivity index (χ0v) is 16.1. The van der Waals surface area contributed by atoms with Crippen LogP contribution in [0.2, 0.25) is 5.02 Å². The first-order valence-corrected chi connectivity index (χ1v) is 9.09. The summed E-state index contributed by atoms with van der Waals surface area (Å²) in [5.41, 5.74) is 0.339. The number of fused-ring (bicyclic) bond motifs is 1. The van der Waals surface area contributed by atoms with Crippen LogP contribution in [-0.2, 0) is 9.53 Å². The van der Waals surface area contributed by atoms with E-state index in [1.165, 1.54) is 19.1 Å². The van der Waals surface area contributed by atoms with E-state index in [-0.39, 0.29) is 37.5 Å². The number of halogens is 1. The standard InChI is InChI=1S/C18H22ClN3O5/c1-26-9-8-22-17(24)14-11-20(6-3-7-21(14)18(22)25)16(23)13-10-12(19)4-5-15(13)27-2/h4-5,10,14H,3,6-9,11H2,1-2H3. The summed E-state index contributed by atoms with van der Waals surface area (Å²) in [6.07, 6.45) is 0.586. The third-order valence-corrected chi connectivity index (χ3v) is 5.06. The van der Waals surface area contributed by atoms with Crippen LogP contribution < -0.4 is 4.74 Å². The molecule has 1 aromatic carbocycles. The summed E-state index contributed by atoms with van der Waals surface area (Å²) < 4.78 is 10.2. The Hall–Kier alpha value is -2.32. The Labute approximate surface area is 162 Å². The first kappa shape index (κ1) is 19.4. The van der Waals surface area contributed by atoms with Crippen molar-refractivity contribution in [2.75, 3.05) is 47.0 Å². The Bertz CT molecular complexity index is 757. The molecule has 2 aliphatic heterocycles. The smallest absolute Gasteiger partial charge is 0.327 e. The summed E-state index contributed by atoms with van der Waals surface area (Å²) in [5, 5.41) is 0.424. The van der Waals surface area contributed by atoms with Crippen molar-refractivity contribution in [2.24, 2.45) is 0 Å². The van der Waals surface area contributed by atoms with Gasteiger partial charge in [0, 0.05) is 25.2 Å². The average molecular weight is 396 g/mol. The molecular weight excluding hydrogens is 374 g/mol. The molecule has 1 atom stereocenters. The van der Waals surface area contributed by atoms with Gasteiger partial charge in [0.1, 0.15) is 11.8 Å². The zero-order chi connectivity index (χ0) is 19.6. The van der Waals surface area contributed by atoms with Gasteiger partial charge in [-0.05, 0) is 24.6 Å². The van der Waals surface area contributed by atoms with Gasteiger partial charge < -0.3 is 19.3 Å². The van der Waals surface area contributed by atoms with E-state index >= 15 is 0 Å². The Kier molecular flexibility index (Phi) is 5.86. The normalized spacial score (nSPS) is 20.0. The predicted octanol–water partition coefficient (Wildman–Crippen LogP) is 1.47. The molecule has 0 bridgehead atoms. The van der Waals surface area contributed by atoms with Gasteiger partial charge in [-0.25, -0.2) is 4.79 Å². The highest BCUT2D eigenvalue weighted by atomic mass is 35.5. The number of rotatable bonds is 5. The summed E-state index contributed by atoms with van der Waals surface area (Å²) in [6, 6.07) is 3.84. The fraction of sp³-hybridized carbons (Fsp3) is 0.500. The summed E-state index contributed by atoms with van der Waals surface area (Å²) >= 11 is 6.04. The third kappa shape index (κ3) is 3.72. The molecule has 0 aromatic heterocycles. The maximum absolute atomic E-state index is 13.1. The van der Waals surface area contributed by atoms with E-state index in [1.807, 2.05) is 0 Å². The summed E-state index contributed by atoms with van der Waals surface area (Å²) in [5.74, 6) is -0.150. The molecule has 1 unspecified atom stereocenters. The number of benzene rings is 1. The lowest BCUT2D eigenvalue weighted by Crippen LogP contribution is -2.43. The van der Waals surface area contributed by atoms with Crippen molar-refractivity contribution in [2.45, 2.75) is 12.5 Å². The molecular formula is C18H22ClN3O5. The quantitative estimate of drug-likeness (QED) is 0.705. The second-order valence-corrected chi connectivity index (χ2v) is 6.86. The topological polar surface area (TPSA) is 79.4 Å². The second kappa shape index (κ2) is 8.14. The fourth-order valence-electron chi connectivity index (χ4n) is 3.45. The lowest BCUT2D eigenvalue weighted by molar-refractivity contribution is -0.128. The van der Waals surface area contributed by atoms with Crippen molar-refractivity contribution in [3.8, 4) is 5.75 Å². The Morgan fingerprint density at radius 2 is 2.04 bits per heavy atom. The van der Waals surface area contributed by atoms with E-state index in [1.54, 1.807) is 28.0 Å². The van der Waals surface area contributed by atoms with Crippen LogP contribution in [0.4, 0.5) is 4.79 Å². The van der Waals surface area contributed by atoms with Crippen molar-refractivity contribution in [3.63, 3.8) is 0 Å². The molecule has 2 aliphatic rings. The minimum atomic E-state index is -0.675. The number of urea groups is 1. The van der Waals surface area contributed by atoms with Gasteiger partial charge in [0.05, 0.1) is 32.4 Å². The highest BCUT2D eigenvalue weighted by Gasteiger charge is 2.46. The predicted molar refractivity (Wildman–Crippen MR) is 98.0 cm³/mol. The number of amides is 4. The maximum Gasteiger partial charge on any atom is 0.327 e. The van der Waals surface area contributed by atoms with E-state index in [9.17, 15) is 14.4 Å². The number of carbonyl (C=O) groups is 3. The highest BCUT2D eigenvalue weighted by molar-refractivity contribution is 6.31. The molecule has 0 N–H and O–H groups in total. The van der Waals surface area contributed by atoms with Crippen LogP contribution in [0.15, 0.2) is 18.2 Å². The SMILES string of the molecule is COCCN1C(=O)C2CN(C(=O)c3cc(Cl)ccc3OC)CCCN2C1=O. The minimum absolute atomic E-state index is 0.141. The van der Waals surface area contributed by atoms with E-state index in [2.05, 4.69) is 0 Å². The molecule has 0 spiro atoms. The van der Waals surface area contributed by atoms with Crippen LogP contribution in [0.5, 0.6) is 5.75 Å². The van der Waals surface area contributed by atoms with Gasteiger partial charge in [-0.2, -0.15) is 0 Å². The first-order valence-electron chi connectivity index (χ1n) is 8.71. The molecule has 8 nitrogen and oxygen atoms in total. The number of imide groups is 1. The van der Waals surface area contributed by atoms with Gasteiger partial charge in [-0.1, -0.05) is 11.6 Å². The lowest BCUT2D eigenvalue weighted by Gasteiger charge is -2.24. The first-order chi connectivity index (χ1) is 13.0. The van der Waals surface area contributed by atoms with Gasteiger partial charge in [0.2, 0.25) is 0 Å². The lowest BCUT2D eigenvalue weighted by atomic mass is 10.1. The zero-order valence-electron chi connectivity index (χ0n) is 15.3. The average Bonchev–Trinajstić information content (AvgIpc) is 2.83. The Morgan fingerprint density at radius 3 is 2.74 bits per heavy atom. The van der Waals surface area contributed by atoms with Crippen LogP contribution in [0.3, 0.4) is 0 Å². The highest BCUT2D eigenvalue weighted by Crippen LogP contribution is 2.27. The van der Waals surface area contributed by atoms with Crippen molar-refractivity contribution in [1.82, 2.24) is 14.7 Å². The summed E-state index contributed by atoms with van der Waals surface area (Å²) in [7, 11) is 3.00. The Morgan fingerprint density at radius 1 is 1.26 bits per heavy atom. The van der Waals surface area contributed by atoms with Crippen LogP contribution in [0.25, 0.3) is 0 Å². The molecule has 0 saturated carbocycles. The molecule has 146 valence electrons. The molecule has 2 heterocycles. The molecule has 2 fully saturated rings. The van der Waals surface area contributed by atoms with Gasteiger partial charge in [0.15, 0.2) is 0 Å². The van der Waals surface area contributed by atoms with Crippen LogP contribution in [-0.4, -0.2) is 85.6 Å². The number of ether oxygens (including phenoxy) is 2. The van der Waals surface area contributed by atoms with Gasteiger partial charge >= 0.3 is 6.03 Å². The van der Waals surface area contributed by atoms with Gasteiger partial charge in [-0.15, -0.1) is 0 Å². The fourth-order valence-corrected chi connectivity index (χ4v) is 3.62. The van der Waals surface area contributed by atoms with Crippen LogP contribution in [0.1, 0.15) is 16.8 Å². The molecule has 4 amide bonds. The van der Waals surface area contributed by atoms with Crippen LogP contribution >= 0.6 is 11.6 Å². The maximum atomic E-state index is 13.1. The monoisotopic (exact) mass is 395 g/mol. The molecule has 2 saturated heterocycles. The van der Waals surface area contributed by atoms with E-state index < -0.39 is 6.04 Å². The van der Waals surface area contributed by atoms with Crippen molar-refractivity contribution in [1.29, 1.82) is 0 Å². The second-order valence-electron chi connectivity index (χ2n) is 6.42. The van der Waals surface area contributed by atoms with Crippen molar-refractivity contribution >= 4 is 29.4 Å². The van der Waals surface area contributed by atoms with E-state index in [0.717, 1.165) is 0 Å². The van der Waals surface area contributed by atoms with E-state index in [0.29, 0.717) is 35.8 Å². The van der Waals surface area contributed by atoms with Crippen molar-refractivity contribution < 1.29 is 23.9 Å². The summed E-state index contributed by atoms with van der Waals surface area (Å²) in [6.45, 7) is 1.50.